The van der Waals surface area contributed by atoms with Crippen LogP contribution in [-0.4, -0.2) is 70.7 Å². The molecule has 3 aliphatic rings. The standard InChI is InChI=1S/C38H49N3O5/c1-8-21-39(28-17-12-11-13-18-28)34(43)30-31-35(44)41(29(24-42)23-25(4)5)33(38(31)20-19-37(30,10-3)46-38)36(45)40(22-9-2)32-26(6)15-14-16-27(32)7/h8-9,11-18,25,29-31,33,42H,1-2,10,19-24H2,3-7H3/t29-,30-,31+,33?,37+,38?/m1/s1. The van der Waals surface area contributed by atoms with E-state index in [1.165, 1.54) is 0 Å². The van der Waals surface area contributed by atoms with E-state index in [0.717, 1.165) is 16.8 Å². The van der Waals surface area contributed by atoms with Crippen molar-refractivity contribution in [3.8, 4) is 0 Å². The number of hydrogen-bond acceptors (Lipinski definition) is 5. The lowest BCUT2D eigenvalue weighted by Gasteiger charge is -2.40. The molecule has 46 heavy (non-hydrogen) atoms. The van der Waals surface area contributed by atoms with Crippen molar-refractivity contribution in [1.82, 2.24) is 4.90 Å². The number of aliphatic hydroxyl groups excluding tert-OH is 1. The van der Waals surface area contributed by atoms with Crippen LogP contribution in [0.2, 0.25) is 0 Å². The lowest BCUT2D eigenvalue weighted by molar-refractivity contribution is -0.149. The quantitative estimate of drug-likeness (QED) is 0.292. The van der Waals surface area contributed by atoms with Gasteiger partial charge in [0.1, 0.15) is 11.6 Å². The first-order valence-corrected chi connectivity index (χ1v) is 16.6. The summed E-state index contributed by atoms with van der Waals surface area (Å²) < 4.78 is 7.09. The van der Waals surface area contributed by atoms with E-state index < -0.39 is 35.1 Å². The maximum Gasteiger partial charge on any atom is 0.253 e. The first kappa shape index (κ1) is 33.6. The summed E-state index contributed by atoms with van der Waals surface area (Å²) >= 11 is 0. The monoisotopic (exact) mass is 627 g/mol. The Morgan fingerprint density at radius 3 is 2.20 bits per heavy atom. The van der Waals surface area contributed by atoms with E-state index in [4.69, 9.17) is 4.74 Å². The first-order valence-electron chi connectivity index (χ1n) is 16.6. The predicted molar refractivity (Wildman–Crippen MR) is 181 cm³/mol. The molecule has 2 unspecified atom stereocenters. The topological polar surface area (TPSA) is 90.4 Å². The number of nitrogens with zero attached hydrogens (tertiary/aromatic N) is 3. The minimum Gasteiger partial charge on any atom is -0.394 e. The van der Waals surface area contributed by atoms with Crippen LogP contribution in [0.1, 0.15) is 57.6 Å². The molecule has 0 aliphatic carbocycles. The van der Waals surface area contributed by atoms with Crippen molar-refractivity contribution in [3.63, 3.8) is 0 Å². The van der Waals surface area contributed by atoms with Crippen LogP contribution < -0.4 is 9.80 Å². The molecule has 246 valence electrons. The Balaban J connectivity index is 1.69. The number of benzene rings is 2. The van der Waals surface area contributed by atoms with Gasteiger partial charge in [0.25, 0.3) is 5.91 Å². The smallest absolute Gasteiger partial charge is 0.253 e. The highest BCUT2D eigenvalue weighted by atomic mass is 16.5. The molecule has 2 bridgehead atoms. The Morgan fingerprint density at radius 2 is 1.63 bits per heavy atom. The summed E-state index contributed by atoms with van der Waals surface area (Å²) in [6, 6.07) is 13.7. The number of aryl methyl sites for hydroxylation is 2. The molecule has 6 atom stereocenters. The minimum absolute atomic E-state index is 0.152. The highest BCUT2D eigenvalue weighted by Crippen LogP contribution is 2.65. The number of amides is 3. The molecule has 0 radical (unpaired) electrons. The van der Waals surface area contributed by atoms with E-state index in [0.29, 0.717) is 31.4 Å². The summed E-state index contributed by atoms with van der Waals surface area (Å²) in [4.78, 5) is 49.9. The van der Waals surface area contributed by atoms with Gasteiger partial charge in [0.05, 0.1) is 30.1 Å². The van der Waals surface area contributed by atoms with Gasteiger partial charge in [0, 0.05) is 24.5 Å². The SMILES string of the molecule is C=CCN(C(=O)[C@H]1[C@H]2C(=O)N([C@@H](CO)CC(C)C)C(C(=O)N(CC=C)c3c(C)cccc3C)C23CC[C@]1(CC)O3)c1ccccc1. The van der Waals surface area contributed by atoms with E-state index >= 15 is 4.79 Å². The second-order valence-electron chi connectivity index (χ2n) is 13.6. The molecule has 3 aliphatic heterocycles. The van der Waals surface area contributed by atoms with Gasteiger partial charge in [0.15, 0.2) is 0 Å². The molecule has 5 rings (SSSR count). The molecule has 0 aromatic heterocycles. The van der Waals surface area contributed by atoms with E-state index in [1.54, 1.807) is 26.9 Å². The third kappa shape index (κ3) is 5.29. The number of carbonyl (C=O) groups is 3. The average Bonchev–Trinajstić information content (AvgIpc) is 3.65. The number of ether oxygens (including phenoxy) is 1. The summed E-state index contributed by atoms with van der Waals surface area (Å²) in [5.74, 6) is -2.30. The fourth-order valence-electron chi connectivity index (χ4n) is 8.55. The van der Waals surface area contributed by atoms with E-state index in [9.17, 15) is 14.7 Å². The van der Waals surface area contributed by atoms with Crippen molar-refractivity contribution in [3.05, 3.63) is 85.0 Å². The third-order valence-electron chi connectivity index (χ3n) is 10.4. The van der Waals surface area contributed by atoms with Gasteiger partial charge in [-0.3, -0.25) is 14.4 Å². The molecule has 1 spiro atoms. The van der Waals surface area contributed by atoms with Crippen molar-refractivity contribution < 1.29 is 24.2 Å². The number of rotatable bonds is 13. The maximum atomic E-state index is 15.2. The van der Waals surface area contributed by atoms with Crippen LogP contribution in [-0.2, 0) is 19.1 Å². The second-order valence-corrected chi connectivity index (χ2v) is 13.6. The second kappa shape index (κ2) is 13.2. The van der Waals surface area contributed by atoms with Gasteiger partial charge in [0.2, 0.25) is 11.8 Å². The van der Waals surface area contributed by atoms with Crippen molar-refractivity contribution in [2.75, 3.05) is 29.5 Å². The van der Waals surface area contributed by atoms with Gasteiger partial charge in [-0.05, 0) is 68.7 Å². The molecule has 3 heterocycles. The Morgan fingerprint density at radius 1 is 1.00 bits per heavy atom. The zero-order valence-electron chi connectivity index (χ0n) is 27.9. The average molecular weight is 628 g/mol. The van der Waals surface area contributed by atoms with Crippen LogP contribution in [0, 0.1) is 31.6 Å². The van der Waals surface area contributed by atoms with Crippen molar-refractivity contribution in [2.24, 2.45) is 17.8 Å². The zero-order chi connectivity index (χ0) is 33.4. The van der Waals surface area contributed by atoms with Gasteiger partial charge >= 0.3 is 0 Å². The highest BCUT2D eigenvalue weighted by Gasteiger charge is 2.79. The fraction of sp³-hybridized carbons (Fsp3) is 0.500. The number of para-hydroxylation sites is 2. The van der Waals surface area contributed by atoms with Crippen LogP contribution in [0.5, 0.6) is 0 Å². The Hall–Kier alpha value is -3.75. The van der Waals surface area contributed by atoms with E-state index in [2.05, 4.69) is 13.2 Å². The van der Waals surface area contributed by atoms with Gasteiger partial charge < -0.3 is 24.5 Å². The minimum atomic E-state index is -1.22. The van der Waals surface area contributed by atoms with Crippen molar-refractivity contribution in [2.45, 2.75) is 83.6 Å². The van der Waals surface area contributed by atoms with Gasteiger partial charge in [-0.15, -0.1) is 13.2 Å². The summed E-state index contributed by atoms with van der Waals surface area (Å²) in [7, 11) is 0. The van der Waals surface area contributed by atoms with Crippen LogP contribution in [0.25, 0.3) is 0 Å². The van der Waals surface area contributed by atoms with E-state index in [1.807, 2.05) is 83.1 Å². The molecular weight excluding hydrogens is 578 g/mol. The summed E-state index contributed by atoms with van der Waals surface area (Å²) in [6.45, 7) is 18.1. The molecule has 3 saturated heterocycles. The summed E-state index contributed by atoms with van der Waals surface area (Å²) in [6.07, 6.45) is 5.42. The number of hydrogen-bond donors (Lipinski definition) is 1. The molecule has 0 saturated carbocycles. The van der Waals surface area contributed by atoms with Crippen LogP contribution in [0.4, 0.5) is 11.4 Å². The van der Waals surface area contributed by atoms with Crippen LogP contribution in [0.15, 0.2) is 73.8 Å². The number of fused-ring (bicyclic) bond motifs is 1. The lowest BCUT2D eigenvalue weighted by Crippen LogP contribution is -2.59. The molecule has 3 amide bonds. The molecular formula is C38H49N3O5. The largest absolute Gasteiger partial charge is 0.394 e. The Bertz CT molecular complexity index is 1470. The summed E-state index contributed by atoms with van der Waals surface area (Å²) in [5.41, 5.74) is 1.23. The molecule has 3 fully saturated rings. The number of anilines is 2. The molecule has 8 nitrogen and oxygen atoms in total. The maximum absolute atomic E-state index is 15.2. The van der Waals surface area contributed by atoms with Crippen molar-refractivity contribution in [1.29, 1.82) is 0 Å². The number of likely N-dealkylation sites (tertiary alicyclic amines) is 1. The highest BCUT2D eigenvalue weighted by molar-refractivity contribution is 6.07. The van der Waals surface area contributed by atoms with Gasteiger partial charge in [-0.1, -0.05) is 69.3 Å². The van der Waals surface area contributed by atoms with Gasteiger partial charge in [-0.2, -0.15) is 0 Å². The van der Waals surface area contributed by atoms with Crippen LogP contribution >= 0.6 is 0 Å². The van der Waals surface area contributed by atoms with Crippen LogP contribution in [0.3, 0.4) is 0 Å². The summed E-state index contributed by atoms with van der Waals surface area (Å²) in [5, 5.41) is 10.7. The number of aliphatic hydroxyl groups is 1. The fourth-order valence-corrected chi connectivity index (χ4v) is 8.55. The molecule has 8 heteroatoms. The first-order chi connectivity index (χ1) is 22.0. The normalized spacial score (nSPS) is 27.1. The Labute approximate surface area is 273 Å². The molecule has 2 aromatic rings. The molecule has 2 aromatic carbocycles. The third-order valence-corrected chi connectivity index (χ3v) is 10.4. The van der Waals surface area contributed by atoms with Crippen molar-refractivity contribution >= 4 is 29.1 Å². The predicted octanol–water partition coefficient (Wildman–Crippen LogP) is 5.60. The number of carbonyl (C=O) groups excluding carboxylic acids is 3. The Kier molecular flexibility index (Phi) is 9.62. The van der Waals surface area contributed by atoms with Gasteiger partial charge in [-0.25, -0.2) is 0 Å². The molecule has 1 N–H and O–H groups in total. The van der Waals surface area contributed by atoms with E-state index in [-0.39, 0.29) is 43.3 Å². The zero-order valence-corrected chi connectivity index (χ0v) is 27.9. The lowest BCUT2D eigenvalue weighted by atomic mass is 9.64.